The van der Waals surface area contributed by atoms with Crippen LogP contribution in [0.2, 0.25) is 5.02 Å². The second kappa shape index (κ2) is 6.33. The minimum absolute atomic E-state index is 0.218. The van der Waals surface area contributed by atoms with Gasteiger partial charge in [-0.25, -0.2) is 14.5 Å². The standard InChI is InChI=1S/C18H12ClN5O/c19-12-6-7-15-14(10-12)17(25)24(13-4-2-1-3-5-13)18(22-15)23-16-11-20-8-9-21-16/h1-11H,(H,21,22,23). The average Bonchev–Trinajstić information content (AvgIpc) is 2.64. The second-order valence-corrected chi connectivity index (χ2v) is 5.73. The molecule has 122 valence electrons. The highest BCUT2D eigenvalue weighted by molar-refractivity contribution is 6.31. The molecule has 0 fully saturated rings. The van der Waals surface area contributed by atoms with Gasteiger partial charge in [0.05, 0.1) is 22.8 Å². The molecule has 0 bridgehead atoms. The molecule has 25 heavy (non-hydrogen) atoms. The van der Waals surface area contributed by atoms with E-state index >= 15 is 0 Å². The maximum Gasteiger partial charge on any atom is 0.267 e. The summed E-state index contributed by atoms with van der Waals surface area (Å²) in [6.07, 6.45) is 4.70. The van der Waals surface area contributed by atoms with E-state index in [0.29, 0.717) is 33.4 Å². The SMILES string of the molecule is O=c1c2cc(Cl)ccc2nc(Nc2cnccn2)n1-c1ccccc1. The van der Waals surface area contributed by atoms with Gasteiger partial charge in [-0.2, -0.15) is 0 Å². The largest absolute Gasteiger partial charge is 0.309 e. The van der Waals surface area contributed by atoms with Crippen molar-refractivity contribution in [2.24, 2.45) is 0 Å². The Morgan fingerprint density at radius 2 is 1.88 bits per heavy atom. The molecule has 6 nitrogen and oxygen atoms in total. The number of hydrogen-bond donors (Lipinski definition) is 1. The highest BCUT2D eigenvalue weighted by Gasteiger charge is 2.13. The number of anilines is 2. The van der Waals surface area contributed by atoms with Crippen LogP contribution in [0.3, 0.4) is 0 Å². The quantitative estimate of drug-likeness (QED) is 0.612. The Balaban J connectivity index is 1.99. The summed E-state index contributed by atoms with van der Waals surface area (Å²) in [6.45, 7) is 0. The second-order valence-electron chi connectivity index (χ2n) is 5.29. The Morgan fingerprint density at radius 1 is 1.04 bits per heavy atom. The van der Waals surface area contributed by atoms with Crippen LogP contribution in [0.1, 0.15) is 0 Å². The fourth-order valence-electron chi connectivity index (χ4n) is 2.54. The number of rotatable bonds is 3. The summed E-state index contributed by atoms with van der Waals surface area (Å²) < 4.78 is 1.49. The van der Waals surface area contributed by atoms with Gasteiger partial charge in [0.2, 0.25) is 5.95 Å². The molecular formula is C18H12ClN5O. The van der Waals surface area contributed by atoms with E-state index in [9.17, 15) is 4.79 Å². The van der Waals surface area contributed by atoms with Gasteiger partial charge < -0.3 is 5.32 Å². The molecule has 0 radical (unpaired) electrons. The van der Waals surface area contributed by atoms with Gasteiger partial charge in [-0.05, 0) is 30.3 Å². The zero-order valence-electron chi connectivity index (χ0n) is 12.9. The fraction of sp³-hybridized carbons (Fsp3) is 0. The van der Waals surface area contributed by atoms with Gasteiger partial charge in [0.1, 0.15) is 0 Å². The number of nitrogens with zero attached hydrogens (tertiary/aromatic N) is 4. The van der Waals surface area contributed by atoms with Crippen molar-refractivity contribution in [3.63, 3.8) is 0 Å². The van der Waals surface area contributed by atoms with E-state index in [-0.39, 0.29) is 5.56 Å². The zero-order chi connectivity index (χ0) is 17.2. The average molecular weight is 350 g/mol. The van der Waals surface area contributed by atoms with Gasteiger partial charge in [-0.15, -0.1) is 0 Å². The van der Waals surface area contributed by atoms with E-state index in [1.165, 1.54) is 4.57 Å². The van der Waals surface area contributed by atoms with Crippen molar-refractivity contribution in [3.8, 4) is 5.69 Å². The van der Waals surface area contributed by atoms with E-state index in [0.717, 1.165) is 0 Å². The summed E-state index contributed by atoms with van der Waals surface area (Å²) >= 11 is 6.05. The van der Waals surface area contributed by atoms with Crippen LogP contribution in [-0.2, 0) is 0 Å². The molecule has 0 unspecified atom stereocenters. The molecule has 0 saturated carbocycles. The number of halogens is 1. The van der Waals surface area contributed by atoms with Gasteiger partial charge in [0.15, 0.2) is 5.82 Å². The van der Waals surface area contributed by atoms with E-state index < -0.39 is 0 Å². The van der Waals surface area contributed by atoms with Gasteiger partial charge in [0.25, 0.3) is 5.56 Å². The lowest BCUT2D eigenvalue weighted by Crippen LogP contribution is -2.23. The van der Waals surface area contributed by atoms with Crippen LogP contribution < -0.4 is 10.9 Å². The molecule has 0 saturated heterocycles. The summed E-state index contributed by atoms with van der Waals surface area (Å²) in [5, 5.41) is 4.00. The first-order valence-electron chi connectivity index (χ1n) is 7.53. The smallest absolute Gasteiger partial charge is 0.267 e. The van der Waals surface area contributed by atoms with Crippen LogP contribution in [0.25, 0.3) is 16.6 Å². The number of para-hydroxylation sites is 1. The van der Waals surface area contributed by atoms with Crippen molar-refractivity contribution in [1.82, 2.24) is 19.5 Å². The molecular weight excluding hydrogens is 338 g/mol. The van der Waals surface area contributed by atoms with Gasteiger partial charge >= 0.3 is 0 Å². The summed E-state index contributed by atoms with van der Waals surface area (Å²) in [7, 11) is 0. The lowest BCUT2D eigenvalue weighted by Gasteiger charge is -2.14. The van der Waals surface area contributed by atoms with Crippen molar-refractivity contribution in [2.45, 2.75) is 0 Å². The first-order valence-corrected chi connectivity index (χ1v) is 7.91. The predicted octanol–water partition coefficient (Wildman–Crippen LogP) is 3.57. The Morgan fingerprint density at radius 3 is 2.64 bits per heavy atom. The Kier molecular flexibility index (Phi) is 3.87. The molecule has 4 rings (SSSR count). The van der Waals surface area contributed by atoms with Crippen molar-refractivity contribution in [3.05, 3.63) is 82.5 Å². The first-order chi connectivity index (χ1) is 12.2. The van der Waals surface area contributed by atoms with Crippen molar-refractivity contribution < 1.29 is 0 Å². The number of nitrogens with one attached hydrogen (secondary N) is 1. The fourth-order valence-corrected chi connectivity index (χ4v) is 2.71. The lowest BCUT2D eigenvalue weighted by atomic mass is 10.2. The summed E-state index contributed by atoms with van der Waals surface area (Å²) in [4.78, 5) is 25.9. The molecule has 0 atom stereocenters. The van der Waals surface area contributed by atoms with Crippen molar-refractivity contribution in [2.75, 3.05) is 5.32 Å². The number of aromatic nitrogens is 4. The minimum Gasteiger partial charge on any atom is -0.309 e. The maximum absolute atomic E-state index is 13.1. The van der Waals surface area contributed by atoms with E-state index in [1.54, 1.807) is 36.8 Å². The molecule has 2 heterocycles. The molecule has 0 amide bonds. The van der Waals surface area contributed by atoms with Crippen LogP contribution in [0.15, 0.2) is 71.9 Å². The molecule has 0 spiro atoms. The lowest BCUT2D eigenvalue weighted by molar-refractivity contribution is 0.969. The van der Waals surface area contributed by atoms with Crippen molar-refractivity contribution >= 4 is 34.3 Å². The maximum atomic E-state index is 13.1. The van der Waals surface area contributed by atoms with E-state index in [1.807, 2.05) is 30.3 Å². The van der Waals surface area contributed by atoms with Crippen LogP contribution >= 0.6 is 11.6 Å². The molecule has 0 aliphatic heterocycles. The molecule has 4 aromatic rings. The third kappa shape index (κ3) is 2.95. The molecule has 1 N–H and O–H groups in total. The Bertz CT molecular complexity index is 1100. The highest BCUT2D eigenvalue weighted by atomic mass is 35.5. The number of hydrogen-bond acceptors (Lipinski definition) is 5. The number of benzene rings is 2. The van der Waals surface area contributed by atoms with Crippen LogP contribution in [0.5, 0.6) is 0 Å². The zero-order valence-corrected chi connectivity index (χ0v) is 13.7. The van der Waals surface area contributed by atoms with Crippen LogP contribution in [0.4, 0.5) is 11.8 Å². The number of fused-ring (bicyclic) bond motifs is 1. The van der Waals surface area contributed by atoms with Crippen LogP contribution in [-0.4, -0.2) is 19.5 Å². The van der Waals surface area contributed by atoms with Crippen molar-refractivity contribution in [1.29, 1.82) is 0 Å². The molecule has 0 aliphatic rings. The molecule has 0 aliphatic carbocycles. The monoisotopic (exact) mass is 349 g/mol. The summed E-state index contributed by atoms with van der Waals surface area (Å²) in [6, 6.07) is 14.3. The summed E-state index contributed by atoms with van der Waals surface area (Å²) in [5.74, 6) is 0.846. The predicted molar refractivity (Wildman–Crippen MR) is 97.7 cm³/mol. The third-order valence-corrected chi connectivity index (χ3v) is 3.88. The third-order valence-electron chi connectivity index (χ3n) is 3.65. The van der Waals surface area contributed by atoms with Gasteiger partial charge in [-0.1, -0.05) is 29.8 Å². The van der Waals surface area contributed by atoms with Gasteiger partial charge in [0, 0.05) is 17.4 Å². The van der Waals surface area contributed by atoms with E-state index in [2.05, 4.69) is 20.3 Å². The topological polar surface area (TPSA) is 72.7 Å². The molecule has 2 aromatic carbocycles. The van der Waals surface area contributed by atoms with Gasteiger partial charge in [-0.3, -0.25) is 9.78 Å². The van der Waals surface area contributed by atoms with E-state index in [4.69, 9.17) is 11.6 Å². The van der Waals surface area contributed by atoms with Crippen LogP contribution in [0, 0.1) is 0 Å². The Hall–Kier alpha value is -3.25. The minimum atomic E-state index is -0.218. The summed E-state index contributed by atoms with van der Waals surface area (Å²) in [5.41, 5.74) is 1.02. The highest BCUT2D eigenvalue weighted by Crippen LogP contribution is 2.21. The Labute approximate surface area is 147 Å². The molecule has 7 heteroatoms. The first kappa shape index (κ1) is 15.3. The molecule has 2 aromatic heterocycles. The normalized spacial score (nSPS) is 10.8.